The number of benzene rings is 1. The Bertz CT molecular complexity index is 375. The summed E-state index contributed by atoms with van der Waals surface area (Å²) in [6, 6.07) is 5.52. The first-order chi connectivity index (χ1) is 7.60. The molecule has 88 valence electrons. The first kappa shape index (κ1) is 12.5. The minimum atomic E-state index is -0.316. The lowest BCUT2D eigenvalue weighted by atomic mass is 10.0. The fourth-order valence-electron chi connectivity index (χ4n) is 1.62. The van der Waals surface area contributed by atoms with Crippen molar-refractivity contribution < 1.29 is 9.53 Å². The topological polar surface area (TPSA) is 55.6 Å². The third-order valence-corrected chi connectivity index (χ3v) is 2.40. The van der Waals surface area contributed by atoms with Gasteiger partial charge in [-0.15, -0.1) is 0 Å². The Morgan fingerprint density at radius 1 is 1.44 bits per heavy atom. The van der Waals surface area contributed by atoms with Crippen LogP contribution in [0.15, 0.2) is 18.2 Å². The maximum atomic E-state index is 11.4. The monoisotopic (exact) mass is 222 g/mol. The molecule has 0 bridgehead atoms. The molecule has 0 spiro atoms. The van der Waals surface area contributed by atoms with Crippen molar-refractivity contribution in [3.05, 3.63) is 29.3 Å². The lowest BCUT2D eigenvalue weighted by Crippen LogP contribution is -2.14. The van der Waals surface area contributed by atoms with Crippen molar-refractivity contribution in [2.45, 2.75) is 6.42 Å². The highest BCUT2D eigenvalue weighted by atomic mass is 16.5. The smallest absolute Gasteiger partial charge is 0.337 e. The second kappa shape index (κ2) is 5.51. The van der Waals surface area contributed by atoms with Gasteiger partial charge in [0, 0.05) is 19.8 Å². The van der Waals surface area contributed by atoms with E-state index in [0.29, 0.717) is 12.1 Å². The van der Waals surface area contributed by atoms with Gasteiger partial charge in [0.25, 0.3) is 0 Å². The molecule has 0 saturated heterocycles. The third-order valence-electron chi connectivity index (χ3n) is 2.40. The zero-order valence-corrected chi connectivity index (χ0v) is 9.99. The van der Waals surface area contributed by atoms with Gasteiger partial charge in [-0.1, -0.05) is 0 Å². The highest BCUT2D eigenvalue weighted by Gasteiger charge is 2.10. The molecule has 4 nitrogen and oxygen atoms in total. The van der Waals surface area contributed by atoms with Crippen LogP contribution in [0.2, 0.25) is 0 Å². The molecule has 0 amide bonds. The van der Waals surface area contributed by atoms with E-state index in [0.717, 1.165) is 17.7 Å². The van der Waals surface area contributed by atoms with Crippen LogP contribution >= 0.6 is 0 Å². The molecule has 0 fully saturated rings. The average Bonchev–Trinajstić information content (AvgIpc) is 2.28. The zero-order chi connectivity index (χ0) is 12.1. The molecule has 0 atom stereocenters. The SMILES string of the molecule is COC(=O)c1ccc(N(C)C)c(CCN)c1. The number of nitrogens with two attached hydrogens (primary N) is 1. The summed E-state index contributed by atoms with van der Waals surface area (Å²) >= 11 is 0. The Morgan fingerprint density at radius 3 is 2.62 bits per heavy atom. The largest absolute Gasteiger partial charge is 0.465 e. The molecule has 1 aromatic carbocycles. The van der Waals surface area contributed by atoms with Crippen molar-refractivity contribution in [1.29, 1.82) is 0 Å². The summed E-state index contributed by atoms with van der Waals surface area (Å²) in [5.74, 6) is -0.316. The molecular formula is C12H18N2O2. The van der Waals surface area contributed by atoms with Gasteiger partial charge in [-0.25, -0.2) is 4.79 Å². The summed E-state index contributed by atoms with van der Waals surface area (Å²) in [7, 11) is 5.31. The van der Waals surface area contributed by atoms with Crippen LogP contribution < -0.4 is 10.6 Å². The van der Waals surface area contributed by atoms with E-state index in [4.69, 9.17) is 5.73 Å². The van der Waals surface area contributed by atoms with Gasteiger partial charge in [0.2, 0.25) is 0 Å². The number of methoxy groups -OCH3 is 1. The summed E-state index contributed by atoms with van der Waals surface area (Å²) < 4.78 is 4.69. The molecule has 0 unspecified atom stereocenters. The van der Waals surface area contributed by atoms with Gasteiger partial charge in [0.1, 0.15) is 0 Å². The third kappa shape index (κ3) is 2.73. The van der Waals surface area contributed by atoms with Gasteiger partial charge in [-0.2, -0.15) is 0 Å². The Hall–Kier alpha value is -1.55. The summed E-state index contributed by atoms with van der Waals surface area (Å²) in [6.45, 7) is 0.561. The van der Waals surface area contributed by atoms with Crippen LogP contribution in [-0.2, 0) is 11.2 Å². The standard InChI is InChI=1S/C12H18N2O2/c1-14(2)11-5-4-10(12(15)16-3)8-9(11)6-7-13/h4-5,8H,6-7,13H2,1-3H3. The van der Waals surface area contributed by atoms with Crippen molar-refractivity contribution in [1.82, 2.24) is 0 Å². The molecule has 0 saturated carbocycles. The molecule has 1 aromatic rings. The molecular weight excluding hydrogens is 204 g/mol. The van der Waals surface area contributed by atoms with Crippen molar-refractivity contribution in [2.75, 3.05) is 32.6 Å². The molecule has 0 aromatic heterocycles. The minimum Gasteiger partial charge on any atom is -0.465 e. The van der Waals surface area contributed by atoms with Crippen LogP contribution in [0.1, 0.15) is 15.9 Å². The predicted molar refractivity (Wildman–Crippen MR) is 64.9 cm³/mol. The van der Waals surface area contributed by atoms with E-state index in [2.05, 4.69) is 4.74 Å². The lowest BCUT2D eigenvalue weighted by Gasteiger charge is -2.17. The fraction of sp³-hybridized carbons (Fsp3) is 0.417. The number of anilines is 1. The highest BCUT2D eigenvalue weighted by Crippen LogP contribution is 2.20. The predicted octanol–water partition coefficient (Wildman–Crippen LogP) is 1.04. The highest BCUT2D eigenvalue weighted by molar-refractivity contribution is 5.90. The van der Waals surface area contributed by atoms with Gasteiger partial charge >= 0.3 is 5.97 Å². The van der Waals surface area contributed by atoms with E-state index in [-0.39, 0.29) is 5.97 Å². The van der Waals surface area contributed by atoms with Gasteiger partial charge in [0.15, 0.2) is 0 Å². The van der Waals surface area contributed by atoms with Gasteiger partial charge in [-0.3, -0.25) is 0 Å². The first-order valence-electron chi connectivity index (χ1n) is 5.18. The zero-order valence-electron chi connectivity index (χ0n) is 9.99. The Morgan fingerprint density at radius 2 is 2.12 bits per heavy atom. The van der Waals surface area contributed by atoms with Gasteiger partial charge < -0.3 is 15.4 Å². The molecule has 0 aliphatic carbocycles. The van der Waals surface area contributed by atoms with Gasteiger partial charge in [0.05, 0.1) is 12.7 Å². The van der Waals surface area contributed by atoms with Crippen LogP contribution in [0.3, 0.4) is 0 Å². The Kier molecular flexibility index (Phi) is 4.31. The molecule has 16 heavy (non-hydrogen) atoms. The lowest BCUT2D eigenvalue weighted by molar-refractivity contribution is 0.0600. The summed E-state index contributed by atoms with van der Waals surface area (Å²) in [5.41, 5.74) is 8.27. The number of rotatable bonds is 4. The van der Waals surface area contributed by atoms with Crippen molar-refractivity contribution in [2.24, 2.45) is 5.73 Å². The minimum absolute atomic E-state index is 0.316. The Balaban J connectivity index is 3.11. The molecule has 4 heteroatoms. The molecule has 1 rings (SSSR count). The number of ether oxygens (including phenoxy) is 1. The molecule has 0 heterocycles. The fourth-order valence-corrected chi connectivity index (χ4v) is 1.62. The van der Waals surface area contributed by atoms with E-state index in [9.17, 15) is 4.79 Å². The Labute approximate surface area is 96.0 Å². The second-order valence-corrected chi connectivity index (χ2v) is 3.77. The van der Waals surface area contributed by atoms with Crippen LogP contribution in [0.25, 0.3) is 0 Å². The normalized spacial score (nSPS) is 10.0. The van der Waals surface area contributed by atoms with E-state index < -0.39 is 0 Å². The van der Waals surface area contributed by atoms with Crippen molar-refractivity contribution >= 4 is 11.7 Å². The number of esters is 1. The van der Waals surface area contributed by atoms with Crippen LogP contribution in [0.4, 0.5) is 5.69 Å². The van der Waals surface area contributed by atoms with Crippen LogP contribution in [-0.4, -0.2) is 33.7 Å². The van der Waals surface area contributed by atoms with Crippen LogP contribution in [0, 0.1) is 0 Å². The van der Waals surface area contributed by atoms with Crippen LogP contribution in [0.5, 0.6) is 0 Å². The summed E-state index contributed by atoms with van der Waals surface area (Å²) in [5, 5.41) is 0. The number of nitrogens with zero attached hydrogens (tertiary/aromatic N) is 1. The number of hydrogen-bond donors (Lipinski definition) is 1. The van der Waals surface area contributed by atoms with E-state index in [1.165, 1.54) is 7.11 Å². The number of hydrogen-bond acceptors (Lipinski definition) is 4. The molecule has 0 radical (unpaired) electrons. The van der Waals surface area contributed by atoms with Crippen molar-refractivity contribution in [3.63, 3.8) is 0 Å². The summed E-state index contributed by atoms with van der Waals surface area (Å²) in [4.78, 5) is 13.4. The molecule has 0 aliphatic heterocycles. The quantitative estimate of drug-likeness (QED) is 0.773. The number of carbonyl (C=O) groups is 1. The van der Waals surface area contributed by atoms with Crippen molar-refractivity contribution in [3.8, 4) is 0 Å². The van der Waals surface area contributed by atoms with E-state index in [1.807, 2.05) is 31.1 Å². The van der Waals surface area contributed by atoms with E-state index in [1.54, 1.807) is 6.07 Å². The maximum Gasteiger partial charge on any atom is 0.337 e. The molecule has 0 aliphatic rings. The number of carbonyl (C=O) groups excluding carboxylic acids is 1. The maximum absolute atomic E-state index is 11.4. The average molecular weight is 222 g/mol. The first-order valence-corrected chi connectivity index (χ1v) is 5.18. The molecule has 2 N–H and O–H groups in total. The van der Waals surface area contributed by atoms with E-state index >= 15 is 0 Å². The summed E-state index contributed by atoms with van der Waals surface area (Å²) in [6.07, 6.45) is 0.748. The second-order valence-electron chi connectivity index (χ2n) is 3.77. The van der Waals surface area contributed by atoms with Gasteiger partial charge in [-0.05, 0) is 36.7 Å².